The summed E-state index contributed by atoms with van der Waals surface area (Å²) >= 11 is 1.51. The van der Waals surface area contributed by atoms with E-state index in [1.165, 1.54) is 11.8 Å². The average Bonchev–Trinajstić information content (AvgIpc) is 2.35. The van der Waals surface area contributed by atoms with E-state index in [9.17, 15) is 14.7 Å². The molecule has 20 heavy (non-hydrogen) atoms. The van der Waals surface area contributed by atoms with E-state index in [1.807, 2.05) is 19.2 Å². The van der Waals surface area contributed by atoms with Crippen LogP contribution >= 0.6 is 11.8 Å². The molecule has 5 nitrogen and oxygen atoms in total. The summed E-state index contributed by atoms with van der Waals surface area (Å²) < 4.78 is 0. The van der Waals surface area contributed by atoms with Crippen molar-refractivity contribution < 1.29 is 9.90 Å². The standard InChI is InChI=1S/C14H22N2O3S/c1-4-5-10-8-9(2)16-12(17)11(10)14(15,13(18)19)6-7-20-3/h8H,4-7,15H2,1-3H3,(H,16,17)(H,18,19). The van der Waals surface area contributed by atoms with Gasteiger partial charge >= 0.3 is 5.97 Å². The Morgan fingerprint density at radius 3 is 2.70 bits per heavy atom. The van der Waals surface area contributed by atoms with Crippen LogP contribution in [0.2, 0.25) is 0 Å². The Balaban J connectivity index is 3.46. The normalized spacial score (nSPS) is 14.0. The van der Waals surface area contributed by atoms with Crippen molar-refractivity contribution in [2.75, 3.05) is 12.0 Å². The van der Waals surface area contributed by atoms with Crippen LogP contribution in [0.15, 0.2) is 10.9 Å². The molecule has 0 aromatic carbocycles. The maximum atomic E-state index is 12.2. The fraction of sp³-hybridized carbons (Fsp3) is 0.571. The number of nitrogens with one attached hydrogen (secondary N) is 1. The van der Waals surface area contributed by atoms with E-state index in [4.69, 9.17) is 5.73 Å². The maximum Gasteiger partial charge on any atom is 0.328 e. The summed E-state index contributed by atoms with van der Waals surface area (Å²) in [6.45, 7) is 3.77. The topological polar surface area (TPSA) is 96.2 Å². The van der Waals surface area contributed by atoms with Gasteiger partial charge in [-0.3, -0.25) is 4.79 Å². The molecule has 0 aliphatic rings. The molecule has 0 aliphatic heterocycles. The maximum absolute atomic E-state index is 12.2. The number of aliphatic carboxylic acids is 1. The fourth-order valence-corrected chi connectivity index (χ4v) is 2.84. The number of nitrogens with two attached hydrogens (primary N) is 1. The molecule has 1 aromatic rings. The molecular formula is C14H22N2O3S. The predicted octanol–water partition coefficient (Wildman–Crippen LogP) is 1.63. The van der Waals surface area contributed by atoms with Gasteiger partial charge in [0.25, 0.3) is 5.56 Å². The minimum atomic E-state index is -1.63. The second-order valence-corrected chi connectivity index (χ2v) is 5.94. The molecule has 0 saturated carbocycles. The largest absolute Gasteiger partial charge is 0.480 e. The summed E-state index contributed by atoms with van der Waals surface area (Å²) in [5.74, 6) is -0.569. The van der Waals surface area contributed by atoms with E-state index < -0.39 is 11.5 Å². The Morgan fingerprint density at radius 2 is 2.20 bits per heavy atom. The van der Waals surface area contributed by atoms with Crippen molar-refractivity contribution in [3.63, 3.8) is 0 Å². The van der Waals surface area contributed by atoms with E-state index in [0.717, 1.165) is 17.7 Å². The molecule has 1 aromatic heterocycles. The monoisotopic (exact) mass is 298 g/mol. The van der Waals surface area contributed by atoms with Gasteiger partial charge in [0.2, 0.25) is 0 Å². The van der Waals surface area contributed by atoms with E-state index in [-0.39, 0.29) is 17.5 Å². The van der Waals surface area contributed by atoms with Gasteiger partial charge in [-0.15, -0.1) is 0 Å². The van der Waals surface area contributed by atoms with Crippen LogP contribution in [0.3, 0.4) is 0 Å². The highest BCUT2D eigenvalue weighted by Crippen LogP contribution is 2.25. The molecule has 112 valence electrons. The Bertz CT molecular complexity index is 542. The predicted molar refractivity (Wildman–Crippen MR) is 82.3 cm³/mol. The van der Waals surface area contributed by atoms with Crippen LogP contribution in [0, 0.1) is 6.92 Å². The molecule has 6 heteroatoms. The van der Waals surface area contributed by atoms with Gasteiger partial charge in [0, 0.05) is 5.69 Å². The highest BCUT2D eigenvalue weighted by molar-refractivity contribution is 7.98. The molecule has 1 unspecified atom stereocenters. The number of aromatic nitrogens is 1. The summed E-state index contributed by atoms with van der Waals surface area (Å²) in [7, 11) is 0. The first kappa shape index (κ1) is 16.8. The number of aryl methyl sites for hydroxylation is 2. The lowest BCUT2D eigenvalue weighted by Crippen LogP contribution is -2.49. The van der Waals surface area contributed by atoms with Crippen LogP contribution in [0.1, 0.15) is 36.6 Å². The fourth-order valence-electron chi connectivity index (χ4n) is 2.31. The molecule has 1 rings (SSSR count). The summed E-state index contributed by atoms with van der Waals surface area (Å²) in [4.78, 5) is 26.5. The number of hydrogen-bond donors (Lipinski definition) is 3. The second kappa shape index (κ2) is 6.95. The Kier molecular flexibility index (Phi) is 5.83. The van der Waals surface area contributed by atoms with Crippen LogP contribution in [-0.4, -0.2) is 28.1 Å². The van der Waals surface area contributed by atoms with Crippen molar-refractivity contribution in [3.05, 3.63) is 33.2 Å². The lowest BCUT2D eigenvalue weighted by molar-refractivity contribution is -0.143. The summed E-state index contributed by atoms with van der Waals surface area (Å²) in [6, 6.07) is 1.82. The molecule has 0 spiro atoms. The van der Waals surface area contributed by atoms with Crippen molar-refractivity contribution in [3.8, 4) is 0 Å². The summed E-state index contributed by atoms with van der Waals surface area (Å²) in [6.07, 6.45) is 3.58. The van der Waals surface area contributed by atoms with E-state index in [0.29, 0.717) is 12.2 Å². The Morgan fingerprint density at radius 1 is 1.55 bits per heavy atom. The number of aromatic amines is 1. The molecule has 0 saturated heterocycles. The van der Waals surface area contributed by atoms with E-state index in [2.05, 4.69) is 4.98 Å². The molecule has 0 radical (unpaired) electrons. The zero-order valence-corrected chi connectivity index (χ0v) is 13.0. The molecule has 4 N–H and O–H groups in total. The summed E-state index contributed by atoms with van der Waals surface area (Å²) in [5, 5.41) is 9.51. The molecule has 0 amide bonds. The molecule has 0 bridgehead atoms. The van der Waals surface area contributed by atoms with Crippen LogP contribution in [0.5, 0.6) is 0 Å². The van der Waals surface area contributed by atoms with Crippen molar-refractivity contribution >= 4 is 17.7 Å². The van der Waals surface area contributed by atoms with Crippen LogP contribution in [-0.2, 0) is 16.8 Å². The highest BCUT2D eigenvalue weighted by atomic mass is 32.2. The number of carbonyl (C=O) groups is 1. The lowest BCUT2D eigenvalue weighted by Gasteiger charge is -2.26. The number of thioether (sulfide) groups is 1. The van der Waals surface area contributed by atoms with Gasteiger partial charge in [0.15, 0.2) is 0 Å². The zero-order valence-electron chi connectivity index (χ0n) is 12.2. The second-order valence-electron chi connectivity index (χ2n) is 4.95. The van der Waals surface area contributed by atoms with Crippen molar-refractivity contribution in [1.82, 2.24) is 4.98 Å². The van der Waals surface area contributed by atoms with Gasteiger partial charge in [0.1, 0.15) is 5.54 Å². The minimum absolute atomic E-state index is 0.200. The van der Waals surface area contributed by atoms with Crippen molar-refractivity contribution in [2.45, 2.75) is 38.6 Å². The lowest BCUT2D eigenvalue weighted by atomic mass is 9.84. The number of hydrogen-bond acceptors (Lipinski definition) is 4. The third-order valence-electron chi connectivity index (χ3n) is 3.30. The average molecular weight is 298 g/mol. The number of pyridine rings is 1. The van der Waals surface area contributed by atoms with Gasteiger partial charge < -0.3 is 15.8 Å². The number of rotatable bonds is 7. The number of H-pyrrole nitrogens is 1. The van der Waals surface area contributed by atoms with Gasteiger partial charge in [-0.25, -0.2) is 4.79 Å². The quantitative estimate of drug-likeness (QED) is 0.711. The minimum Gasteiger partial charge on any atom is -0.480 e. The molecule has 1 atom stereocenters. The highest BCUT2D eigenvalue weighted by Gasteiger charge is 2.39. The Hall–Kier alpha value is -1.27. The first-order chi connectivity index (χ1) is 9.36. The first-order valence-corrected chi connectivity index (χ1v) is 8.00. The third kappa shape index (κ3) is 3.43. The molecule has 0 fully saturated rings. The Labute approximate surface area is 123 Å². The smallest absolute Gasteiger partial charge is 0.328 e. The third-order valence-corrected chi connectivity index (χ3v) is 3.91. The van der Waals surface area contributed by atoms with Gasteiger partial charge in [-0.05, 0) is 43.4 Å². The van der Waals surface area contributed by atoms with Crippen LogP contribution in [0.4, 0.5) is 0 Å². The van der Waals surface area contributed by atoms with E-state index in [1.54, 1.807) is 6.92 Å². The first-order valence-electron chi connectivity index (χ1n) is 6.61. The number of carboxylic acids is 1. The van der Waals surface area contributed by atoms with Crippen molar-refractivity contribution in [2.24, 2.45) is 5.73 Å². The van der Waals surface area contributed by atoms with Gasteiger partial charge in [0.05, 0.1) is 5.56 Å². The number of carboxylic acid groups (broad SMARTS) is 1. The van der Waals surface area contributed by atoms with Crippen molar-refractivity contribution in [1.29, 1.82) is 0 Å². The van der Waals surface area contributed by atoms with Crippen LogP contribution < -0.4 is 11.3 Å². The van der Waals surface area contributed by atoms with Crippen LogP contribution in [0.25, 0.3) is 0 Å². The zero-order chi connectivity index (χ0) is 15.3. The SMILES string of the molecule is CCCc1cc(C)[nH]c(=O)c1C(N)(CCSC)C(=O)O. The molecule has 0 aliphatic carbocycles. The van der Waals surface area contributed by atoms with Gasteiger partial charge in [-0.1, -0.05) is 13.3 Å². The summed E-state index contributed by atoms with van der Waals surface area (Å²) in [5.41, 5.74) is 5.74. The van der Waals surface area contributed by atoms with Gasteiger partial charge in [-0.2, -0.15) is 11.8 Å². The van der Waals surface area contributed by atoms with E-state index >= 15 is 0 Å². The molecular weight excluding hydrogens is 276 g/mol. The molecule has 1 heterocycles.